The Bertz CT molecular complexity index is 896. The van der Waals surface area contributed by atoms with Crippen molar-refractivity contribution in [1.82, 2.24) is 0 Å². The molecule has 152 valence electrons. The number of aryl methyl sites for hydroxylation is 1. The van der Waals surface area contributed by atoms with E-state index in [0.717, 1.165) is 12.0 Å². The highest BCUT2D eigenvalue weighted by atomic mass is 16.6. The number of Topliss-reactive ketones (excluding diaryl/α,β-unsaturated/α-hetero) is 1. The van der Waals surface area contributed by atoms with Crippen LogP contribution >= 0.6 is 0 Å². The summed E-state index contributed by atoms with van der Waals surface area (Å²) in [6, 6.07) is 10.8. The Hall–Kier alpha value is -3.28. The molecule has 6 heteroatoms. The summed E-state index contributed by atoms with van der Waals surface area (Å²) >= 11 is 0. The van der Waals surface area contributed by atoms with Crippen LogP contribution in [0.1, 0.15) is 35.3 Å². The molecule has 0 amide bonds. The molecule has 0 spiro atoms. The van der Waals surface area contributed by atoms with Gasteiger partial charge in [-0.15, -0.1) is 0 Å². The highest BCUT2D eigenvalue weighted by Gasteiger charge is 2.20. The Morgan fingerprint density at radius 2 is 1.86 bits per heavy atom. The zero-order valence-corrected chi connectivity index (χ0v) is 16.8. The Morgan fingerprint density at radius 3 is 2.55 bits per heavy atom. The number of methoxy groups -OCH3 is 1. The van der Waals surface area contributed by atoms with E-state index in [-0.39, 0.29) is 5.78 Å². The zero-order valence-electron chi connectivity index (χ0n) is 16.8. The van der Waals surface area contributed by atoms with Gasteiger partial charge in [0.1, 0.15) is 13.2 Å². The van der Waals surface area contributed by atoms with Crippen LogP contribution in [0.15, 0.2) is 42.5 Å². The van der Waals surface area contributed by atoms with E-state index in [1.54, 1.807) is 37.3 Å². The first-order valence-electron chi connectivity index (χ1n) is 9.51. The first-order chi connectivity index (χ1) is 14.0. The van der Waals surface area contributed by atoms with Gasteiger partial charge >= 0.3 is 5.97 Å². The molecule has 6 nitrogen and oxygen atoms in total. The van der Waals surface area contributed by atoms with Gasteiger partial charge in [-0.3, -0.25) is 4.79 Å². The molecule has 2 aromatic carbocycles. The van der Waals surface area contributed by atoms with Gasteiger partial charge in [0.15, 0.2) is 17.6 Å². The molecule has 1 atom stereocenters. The molecule has 0 fully saturated rings. The van der Waals surface area contributed by atoms with Crippen LogP contribution in [0.3, 0.4) is 0 Å². The number of benzene rings is 2. The molecule has 0 bridgehead atoms. The van der Waals surface area contributed by atoms with Gasteiger partial charge < -0.3 is 18.9 Å². The summed E-state index contributed by atoms with van der Waals surface area (Å²) in [6.45, 7) is 4.52. The van der Waals surface area contributed by atoms with Gasteiger partial charge in [-0.25, -0.2) is 4.79 Å². The maximum Gasteiger partial charge on any atom is 0.331 e. The average Bonchev–Trinajstić information content (AvgIpc) is 2.76. The molecule has 2 aromatic rings. The molecule has 0 radical (unpaired) electrons. The summed E-state index contributed by atoms with van der Waals surface area (Å²) in [4.78, 5) is 24.6. The molecule has 1 aliphatic heterocycles. The molecule has 1 aliphatic rings. The molecule has 0 saturated heterocycles. The SMILES string of the molecule is CCc1ccc(C(=O)[C@@H](C)OC(=O)/C=C/c2cc(OC)c3c(c2)OCCO3)cc1. The predicted molar refractivity (Wildman–Crippen MR) is 109 cm³/mol. The van der Waals surface area contributed by atoms with Crippen LogP contribution in [0, 0.1) is 0 Å². The van der Waals surface area contributed by atoms with Crippen LogP contribution in [0.5, 0.6) is 17.2 Å². The van der Waals surface area contributed by atoms with Gasteiger partial charge in [-0.05, 0) is 42.7 Å². The fraction of sp³-hybridized carbons (Fsp3) is 0.304. The van der Waals surface area contributed by atoms with Crippen molar-refractivity contribution in [2.24, 2.45) is 0 Å². The number of carbonyl (C=O) groups is 2. The van der Waals surface area contributed by atoms with Crippen molar-refractivity contribution in [2.45, 2.75) is 26.4 Å². The summed E-state index contributed by atoms with van der Waals surface area (Å²) in [5.74, 6) is 0.782. The fourth-order valence-electron chi connectivity index (χ4n) is 2.96. The van der Waals surface area contributed by atoms with Gasteiger partial charge in [0.25, 0.3) is 0 Å². The molecular formula is C23H24O6. The smallest absolute Gasteiger partial charge is 0.331 e. The molecule has 0 saturated carbocycles. The van der Waals surface area contributed by atoms with Crippen LogP contribution in [0.2, 0.25) is 0 Å². The quantitative estimate of drug-likeness (QED) is 0.402. The van der Waals surface area contributed by atoms with E-state index in [1.807, 2.05) is 19.1 Å². The molecule has 0 unspecified atom stereocenters. The lowest BCUT2D eigenvalue weighted by atomic mass is 10.0. The summed E-state index contributed by atoms with van der Waals surface area (Å²) in [7, 11) is 1.54. The summed E-state index contributed by atoms with van der Waals surface area (Å²) in [5, 5.41) is 0. The third-order valence-electron chi connectivity index (χ3n) is 4.57. The number of carbonyl (C=O) groups excluding carboxylic acids is 2. The van der Waals surface area contributed by atoms with Crippen molar-refractivity contribution in [3.05, 3.63) is 59.2 Å². The first kappa shape index (κ1) is 20.5. The van der Waals surface area contributed by atoms with Crippen molar-refractivity contribution in [3.8, 4) is 17.2 Å². The third kappa shape index (κ3) is 4.96. The van der Waals surface area contributed by atoms with Crippen LogP contribution in [-0.2, 0) is 16.0 Å². The van der Waals surface area contributed by atoms with Gasteiger partial charge in [-0.1, -0.05) is 31.2 Å². The average molecular weight is 396 g/mol. The van der Waals surface area contributed by atoms with Crippen molar-refractivity contribution >= 4 is 17.8 Å². The highest BCUT2D eigenvalue weighted by Crippen LogP contribution is 2.40. The third-order valence-corrected chi connectivity index (χ3v) is 4.57. The highest BCUT2D eigenvalue weighted by molar-refractivity contribution is 6.01. The maximum atomic E-state index is 12.4. The Morgan fingerprint density at radius 1 is 1.14 bits per heavy atom. The number of fused-ring (bicyclic) bond motifs is 1. The molecule has 0 aromatic heterocycles. The topological polar surface area (TPSA) is 71.1 Å². The van der Waals surface area contributed by atoms with Crippen molar-refractivity contribution < 1.29 is 28.5 Å². The van der Waals surface area contributed by atoms with Crippen LogP contribution in [0.4, 0.5) is 0 Å². The lowest BCUT2D eigenvalue weighted by Gasteiger charge is -2.20. The Balaban J connectivity index is 1.65. The van der Waals surface area contributed by atoms with E-state index in [0.29, 0.717) is 41.6 Å². The minimum atomic E-state index is -0.880. The van der Waals surface area contributed by atoms with E-state index in [4.69, 9.17) is 18.9 Å². The second-order valence-corrected chi connectivity index (χ2v) is 6.57. The lowest BCUT2D eigenvalue weighted by Crippen LogP contribution is -2.23. The number of ketones is 1. The first-order valence-corrected chi connectivity index (χ1v) is 9.51. The minimum Gasteiger partial charge on any atom is -0.493 e. The monoisotopic (exact) mass is 396 g/mol. The second kappa shape index (κ2) is 9.28. The summed E-state index contributed by atoms with van der Waals surface area (Å²) in [5.41, 5.74) is 2.35. The Labute approximate surface area is 170 Å². The van der Waals surface area contributed by atoms with Crippen molar-refractivity contribution in [3.63, 3.8) is 0 Å². The second-order valence-electron chi connectivity index (χ2n) is 6.57. The molecular weight excluding hydrogens is 372 g/mol. The molecule has 1 heterocycles. The van der Waals surface area contributed by atoms with E-state index in [1.165, 1.54) is 13.2 Å². The summed E-state index contributed by atoms with van der Waals surface area (Å²) < 4.78 is 21.7. The minimum absolute atomic E-state index is 0.240. The normalized spacial score (nSPS) is 13.8. The predicted octanol–water partition coefficient (Wildman–Crippen LogP) is 3.86. The maximum absolute atomic E-state index is 12.4. The van der Waals surface area contributed by atoms with E-state index in [2.05, 4.69) is 0 Å². The largest absolute Gasteiger partial charge is 0.493 e. The molecule has 0 aliphatic carbocycles. The number of hydrogen-bond donors (Lipinski definition) is 0. The number of ether oxygens (including phenoxy) is 4. The zero-order chi connectivity index (χ0) is 20.8. The number of rotatable bonds is 7. The standard InChI is InChI=1S/C23H24O6/c1-4-16-5-8-18(9-6-16)22(25)15(2)29-21(24)10-7-17-13-19(26-3)23-20(14-17)27-11-12-28-23/h5-10,13-15H,4,11-12H2,1-3H3/b10-7+/t15-/m1/s1. The van der Waals surface area contributed by atoms with E-state index in [9.17, 15) is 9.59 Å². The Kier molecular flexibility index (Phi) is 6.54. The molecule has 0 N–H and O–H groups in total. The van der Waals surface area contributed by atoms with Crippen LogP contribution in [0.25, 0.3) is 6.08 Å². The van der Waals surface area contributed by atoms with Crippen molar-refractivity contribution in [1.29, 1.82) is 0 Å². The lowest BCUT2D eigenvalue weighted by molar-refractivity contribution is -0.140. The van der Waals surface area contributed by atoms with Crippen molar-refractivity contribution in [2.75, 3.05) is 20.3 Å². The van der Waals surface area contributed by atoms with E-state index < -0.39 is 12.1 Å². The number of hydrogen-bond acceptors (Lipinski definition) is 6. The van der Waals surface area contributed by atoms with Gasteiger partial charge in [0.2, 0.25) is 11.5 Å². The molecule has 29 heavy (non-hydrogen) atoms. The van der Waals surface area contributed by atoms with Gasteiger partial charge in [0, 0.05) is 11.6 Å². The van der Waals surface area contributed by atoms with Crippen LogP contribution in [-0.4, -0.2) is 38.2 Å². The van der Waals surface area contributed by atoms with Crippen LogP contribution < -0.4 is 14.2 Å². The van der Waals surface area contributed by atoms with Gasteiger partial charge in [0.05, 0.1) is 7.11 Å². The number of esters is 1. The van der Waals surface area contributed by atoms with E-state index >= 15 is 0 Å². The fourth-order valence-corrected chi connectivity index (χ4v) is 2.96. The summed E-state index contributed by atoms with van der Waals surface area (Å²) in [6.07, 6.45) is 2.87. The van der Waals surface area contributed by atoms with Gasteiger partial charge in [-0.2, -0.15) is 0 Å². The molecule has 3 rings (SSSR count).